The van der Waals surface area contributed by atoms with Crippen molar-refractivity contribution >= 4 is 17.1 Å². The Labute approximate surface area is 93.9 Å². The molecule has 0 aliphatic carbocycles. The molecule has 2 heterocycles. The van der Waals surface area contributed by atoms with Crippen molar-refractivity contribution in [1.29, 1.82) is 0 Å². The number of ketones is 1. The Balaban J connectivity index is 2.02. The number of carbonyl (C=O) groups is 1. The summed E-state index contributed by atoms with van der Waals surface area (Å²) in [6.45, 7) is 3.81. The summed E-state index contributed by atoms with van der Waals surface area (Å²) in [5, 5.41) is 4.56. The fourth-order valence-electron chi connectivity index (χ4n) is 1.91. The number of carbonyl (C=O) groups excluding carboxylic acids is 1. The van der Waals surface area contributed by atoms with Gasteiger partial charge in [0.15, 0.2) is 0 Å². The van der Waals surface area contributed by atoms with Crippen LogP contribution in [0.15, 0.2) is 6.20 Å². The zero-order chi connectivity index (χ0) is 10.7. The van der Waals surface area contributed by atoms with Crippen LogP contribution in [0.2, 0.25) is 0 Å². The van der Waals surface area contributed by atoms with Gasteiger partial charge in [-0.2, -0.15) is 0 Å². The molecular weight excluding hydrogens is 208 g/mol. The first kappa shape index (κ1) is 10.8. The molecule has 1 aromatic heterocycles. The van der Waals surface area contributed by atoms with Crippen molar-refractivity contribution in [2.75, 3.05) is 13.1 Å². The van der Waals surface area contributed by atoms with Crippen molar-refractivity contribution in [2.45, 2.75) is 32.1 Å². The lowest BCUT2D eigenvalue weighted by Crippen LogP contribution is -2.26. The molecule has 0 radical (unpaired) electrons. The Morgan fingerprint density at radius 1 is 1.60 bits per heavy atom. The lowest BCUT2D eigenvalue weighted by atomic mass is 9.99. The minimum Gasteiger partial charge on any atom is -0.317 e. The van der Waals surface area contributed by atoms with E-state index in [2.05, 4.69) is 10.3 Å². The molecule has 0 saturated carbocycles. The maximum Gasteiger partial charge on any atom is 0.135 e. The second kappa shape index (κ2) is 4.86. The van der Waals surface area contributed by atoms with Crippen LogP contribution in [-0.4, -0.2) is 23.9 Å². The van der Waals surface area contributed by atoms with Gasteiger partial charge >= 0.3 is 0 Å². The van der Waals surface area contributed by atoms with E-state index in [1.807, 2.05) is 6.20 Å². The van der Waals surface area contributed by atoms with E-state index in [0.717, 1.165) is 18.0 Å². The second-order valence-corrected chi connectivity index (χ2v) is 5.21. The molecule has 0 aromatic carbocycles. The van der Waals surface area contributed by atoms with Gasteiger partial charge in [-0.3, -0.25) is 4.79 Å². The van der Waals surface area contributed by atoms with E-state index in [-0.39, 0.29) is 5.78 Å². The van der Waals surface area contributed by atoms with Gasteiger partial charge in [-0.1, -0.05) is 0 Å². The standard InChI is InChI=1S/C11H16N2OS/c1-8(14)6-10-7-13-11(15-10)9-2-4-12-5-3-9/h7,9,12H,2-6H2,1H3. The average molecular weight is 224 g/mol. The number of nitrogens with one attached hydrogen (secondary N) is 1. The number of rotatable bonds is 3. The van der Waals surface area contributed by atoms with Crippen LogP contribution in [0.3, 0.4) is 0 Å². The summed E-state index contributed by atoms with van der Waals surface area (Å²) < 4.78 is 0. The Hall–Kier alpha value is -0.740. The molecule has 0 unspecified atom stereocenters. The molecule has 1 aliphatic heterocycles. The fraction of sp³-hybridized carbons (Fsp3) is 0.636. The number of Topliss-reactive ketones (excluding diaryl/α,β-unsaturated/α-hetero) is 1. The summed E-state index contributed by atoms with van der Waals surface area (Å²) in [6, 6.07) is 0. The SMILES string of the molecule is CC(=O)Cc1cnc(C2CCNCC2)s1. The van der Waals surface area contributed by atoms with Crippen molar-refractivity contribution in [1.82, 2.24) is 10.3 Å². The average Bonchev–Trinajstić information content (AvgIpc) is 2.67. The van der Waals surface area contributed by atoms with Crippen LogP contribution in [0, 0.1) is 0 Å². The van der Waals surface area contributed by atoms with Gasteiger partial charge in [0.25, 0.3) is 0 Å². The van der Waals surface area contributed by atoms with Gasteiger partial charge in [-0.15, -0.1) is 11.3 Å². The molecule has 1 N–H and O–H groups in total. The minimum absolute atomic E-state index is 0.218. The van der Waals surface area contributed by atoms with Crippen LogP contribution in [-0.2, 0) is 11.2 Å². The van der Waals surface area contributed by atoms with Gasteiger partial charge in [0.05, 0.1) is 5.01 Å². The number of nitrogens with zero attached hydrogens (tertiary/aromatic N) is 1. The van der Waals surface area contributed by atoms with Crippen LogP contribution in [0.5, 0.6) is 0 Å². The van der Waals surface area contributed by atoms with Crippen molar-refractivity contribution in [3.8, 4) is 0 Å². The van der Waals surface area contributed by atoms with Crippen LogP contribution >= 0.6 is 11.3 Å². The van der Waals surface area contributed by atoms with Gasteiger partial charge in [-0.05, 0) is 32.9 Å². The number of piperidine rings is 1. The first-order valence-corrected chi connectivity index (χ1v) is 6.22. The van der Waals surface area contributed by atoms with Gasteiger partial charge in [-0.25, -0.2) is 4.98 Å². The number of hydrogen-bond acceptors (Lipinski definition) is 4. The van der Waals surface area contributed by atoms with E-state index in [0.29, 0.717) is 12.3 Å². The molecule has 15 heavy (non-hydrogen) atoms. The predicted molar refractivity (Wildman–Crippen MR) is 61.3 cm³/mol. The summed E-state index contributed by atoms with van der Waals surface area (Å²) in [4.78, 5) is 16.5. The van der Waals surface area contributed by atoms with Crippen LogP contribution in [0.4, 0.5) is 0 Å². The van der Waals surface area contributed by atoms with Crippen LogP contribution in [0.25, 0.3) is 0 Å². The molecule has 0 bridgehead atoms. The van der Waals surface area contributed by atoms with Crippen LogP contribution in [0.1, 0.15) is 35.6 Å². The maximum absolute atomic E-state index is 11.0. The zero-order valence-corrected chi connectivity index (χ0v) is 9.77. The monoisotopic (exact) mass is 224 g/mol. The fourth-order valence-corrected chi connectivity index (χ4v) is 3.06. The predicted octanol–water partition coefficient (Wildman–Crippen LogP) is 1.74. The first-order chi connectivity index (χ1) is 7.25. The Morgan fingerprint density at radius 2 is 2.33 bits per heavy atom. The highest BCUT2D eigenvalue weighted by molar-refractivity contribution is 7.11. The zero-order valence-electron chi connectivity index (χ0n) is 8.95. The smallest absolute Gasteiger partial charge is 0.135 e. The normalized spacial score (nSPS) is 17.9. The van der Waals surface area contributed by atoms with Crippen molar-refractivity contribution in [3.63, 3.8) is 0 Å². The third kappa shape index (κ3) is 2.86. The molecular formula is C11H16N2OS. The highest BCUT2D eigenvalue weighted by Crippen LogP contribution is 2.28. The maximum atomic E-state index is 11.0. The second-order valence-electron chi connectivity index (χ2n) is 4.07. The quantitative estimate of drug-likeness (QED) is 0.850. The van der Waals surface area contributed by atoms with E-state index in [9.17, 15) is 4.79 Å². The third-order valence-electron chi connectivity index (χ3n) is 2.68. The number of hydrogen-bond donors (Lipinski definition) is 1. The summed E-state index contributed by atoms with van der Waals surface area (Å²) in [6.07, 6.45) is 4.76. The molecule has 82 valence electrons. The van der Waals surface area contributed by atoms with Gasteiger partial charge in [0, 0.05) is 23.4 Å². The molecule has 1 fully saturated rings. The summed E-state index contributed by atoms with van der Waals surface area (Å²) in [7, 11) is 0. The Kier molecular flexibility index (Phi) is 3.49. The molecule has 0 spiro atoms. The lowest BCUT2D eigenvalue weighted by molar-refractivity contribution is -0.116. The van der Waals surface area contributed by atoms with Crippen molar-refractivity contribution in [3.05, 3.63) is 16.1 Å². The van der Waals surface area contributed by atoms with Crippen molar-refractivity contribution in [2.24, 2.45) is 0 Å². The molecule has 1 aliphatic rings. The van der Waals surface area contributed by atoms with E-state index >= 15 is 0 Å². The van der Waals surface area contributed by atoms with E-state index in [1.165, 1.54) is 17.8 Å². The summed E-state index contributed by atoms with van der Waals surface area (Å²) >= 11 is 1.71. The number of aromatic nitrogens is 1. The highest BCUT2D eigenvalue weighted by atomic mass is 32.1. The molecule has 2 rings (SSSR count). The van der Waals surface area contributed by atoms with Crippen molar-refractivity contribution < 1.29 is 4.79 Å². The summed E-state index contributed by atoms with van der Waals surface area (Å²) in [5.74, 6) is 0.826. The van der Waals surface area contributed by atoms with E-state index < -0.39 is 0 Å². The molecule has 1 saturated heterocycles. The lowest BCUT2D eigenvalue weighted by Gasteiger charge is -2.20. The Morgan fingerprint density at radius 3 is 3.00 bits per heavy atom. The largest absolute Gasteiger partial charge is 0.317 e. The van der Waals surface area contributed by atoms with E-state index in [4.69, 9.17) is 0 Å². The first-order valence-electron chi connectivity index (χ1n) is 5.40. The molecule has 4 heteroatoms. The number of thiazole rings is 1. The topological polar surface area (TPSA) is 42.0 Å². The third-order valence-corrected chi connectivity index (χ3v) is 3.84. The summed E-state index contributed by atoms with van der Waals surface area (Å²) in [5.41, 5.74) is 0. The van der Waals surface area contributed by atoms with Gasteiger partial charge in [0.2, 0.25) is 0 Å². The molecule has 0 amide bonds. The van der Waals surface area contributed by atoms with Crippen LogP contribution < -0.4 is 5.32 Å². The molecule has 3 nitrogen and oxygen atoms in total. The van der Waals surface area contributed by atoms with Gasteiger partial charge in [0.1, 0.15) is 5.78 Å². The minimum atomic E-state index is 0.218. The molecule has 1 aromatic rings. The molecule has 0 atom stereocenters. The van der Waals surface area contributed by atoms with E-state index in [1.54, 1.807) is 18.3 Å². The highest BCUT2D eigenvalue weighted by Gasteiger charge is 2.18. The van der Waals surface area contributed by atoms with Gasteiger partial charge < -0.3 is 5.32 Å². The Bertz CT molecular complexity index is 342.